The van der Waals surface area contributed by atoms with Gasteiger partial charge in [0, 0.05) is 0 Å². The number of carboxylic acids is 1. The average Bonchev–Trinajstić information content (AvgIpc) is 2.45. The summed E-state index contributed by atoms with van der Waals surface area (Å²) in [5.74, 6) is -1.16. The molecule has 128 valence electrons. The van der Waals surface area contributed by atoms with Gasteiger partial charge in [0.2, 0.25) is 0 Å². The first-order chi connectivity index (χ1) is 11.0. The van der Waals surface area contributed by atoms with Crippen LogP contribution in [0.15, 0.2) is 29.2 Å². The first-order valence-electron chi connectivity index (χ1n) is 7.48. The zero-order valence-corrected chi connectivity index (χ0v) is 15.2. The molecule has 2 N–H and O–H groups in total. The van der Waals surface area contributed by atoms with Crippen LogP contribution in [0, 0.1) is 34.6 Å². The van der Waals surface area contributed by atoms with Gasteiger partial charge in [0.25, 0.3) is 10.0 Å². The quantitative estimate of drug-likeness (QED) is 0.883. The van der Waals surface area contributed by atoms with Crippen molar-refractivity contribution < 1.29 is 18.3 Å². The fraction of sp³-hybridized carbons (Fsp3) is 0.278. The van der Waals surface area contributed by atoms with Crippen molar-refractivity contribution >= 4 is 21.7 Å². The molecule has 24 heavy (non-hydrogen) atoms. The van der Waals surface area contributed by atoms with Crippen LogP contribution in [0.4, 0.5) is 5.69 Å². The Labute approximate surface area is 142 Å². The van der Waals surface area contributed by atoms with Gasteiger partial charge in [-0.25, -0.2) is 13.2 Å². The molecule has 0 fully saturated rings. The molecule has 0 aromatic heterocycles. The van der Waals surface area contributed by atoms with E-state index in [2.05, 4.69) is 4.72 Å². The summed E-state index contributed by atoms with van der Waals surface area (Å²) in [5.41, 5.74) is 4.32. The summed E-state index contributed by atoms with van der Waals surface area (Å²) >= 11 is 0. The molecule has 5 nitrogen and oxygen atoms in total. The highest BCUT2D eigenvalue weighted by Gasteiger charge is 2.22. The molecule has 0 bridgehead atoms. The molecule has 0 aliphatic carbocycles. The summed E-state index contributed by atoms with van der Waals surface area (Å²) in [6, 6.07) is 6.47. The van der Waals surface area contributed by atoms with Crippen molar-refractivity contribution in [1.29, 1.82) is 0 Å². The van der Waals surface area contributed by atoms with E-state index >= 15 is 0 Å². The first-order valence-corrected chi connectivity index (χ1v) is 8.96. The van der Waals surface area contributed by atoms with Gasteiger partial charge in [-0.15, -0.1) is 0 Å². The molecule has 2 aromatic rings. The van der Waals surface area contributed by atoms with Crippen molar-refractivity contribution in [2.75, 3.05) is 4.72 Å². The van der Waals surface area contributed by atoms with Crippen molar-refractivity contribution in [1.82, 2.24) is 0 Å². The molecular formula is C18H21NO4S. The highest BCUT2D eigenvalue weighted by atomic mass is 32.2. The van der Waals surface area contributed by atoms with Crippen molar-refractivity contribution in [2.24, 2.45) is 0 Å². The summed E-state index contributed by atoms with van der Waals surface area (Å²) in [6.45, 7) is 8.99. The van der Waals surface area contributed by atoms with E-state index in [4.69, 9.17) is 0 Å². The molecule has 6 heteroatoms. The number of hydrogen-bond donors (Lipinski definition) is 2. The number of hydrogen-bond acceptors (Lipinski definition) is 3. The molecular weight excluding hydrogens is 326 g/mol. The highest BCUT2D eigenvalue weighted by molar-refractivity contribution is 7.92. The Bertz CT molecular complexity index is 907. The van der Waals surface area contributed by atoms with Gasteiger partial charge in [0.05, 0.1) is 16.1 Å². The third-order valence-corrected chi connectivity index (χ3v) is 5.55. The number of nitrogens with one attached hydrogen (secondary N) is 1. The maximum Gasteiger partial charge on any atom is 0.335 e. The SMILES string of the molecule is Cc1cc(C)c(NS(=O)(=O)c2cc(C(=O)O)cc(C)c2C)c(C)c1. The normalized spacial score (nSPS) is 11.4. The van der Waals surface area contributed by atoms with E-state index in [-0.39, 0.29) is 10.5 Å². The van der Waals surface area contributed by atoms with E-state index in [1.165, 1.54) is 12.1 Å². The number of anilines is 1. The van der Waals surface area contributed by atoms with E-state index in [0.29, 0.717) is 16.8 Å². The number of sulfonamides is 1. The van der Waals surface area contributed by atoms with Crippen molar-refractivity contribution in [3.63, 3.8) is 0 Å². The summed E-state index contributed by atoms with van der Waals surface area (Å²) in [6.07, 6.45) is 0. The lowest BCUT2D eigenvalue weighted by Crippen LogP contribution is -2.17. The maximum atomic E-state index is 12.8. The Kier molecular flexibility index (Phi) is 4.71. The summed E-state index contributed by atoms with van der Waals surface area (Å²) in [4.78, 5) is 11.2. The van der Waals surface area contributed by atoms with Gasteiger partial charge in [0.1, 0.15) is 0 Å². The zero-order chi connectivity index (χ0) is 18.2. The Hall–Kier alpha value is -2.34. The number of aromatic carboxylic acids is 1. The summed E-state index contributed by atoms with van der Waals surface area (Å²) in [5, 5.41) is 9.18. The molecule has 0 amide bonds. The predicted molar refractivity (Wildman–Crippen MR) is 94.3 cm³/mol. The molecule has 0 radical (unpaired) electrons. The van der Waals surface area contributed by atoms with Crippen LogP contribution in [-0.4, -0.2) is 19.5 Å². The number of carbonyl (C=O) groups is 1. The van der Waals surface area contributed by atoms with E-state index in [1.54, 1.807) is 13.8 Å². The standard InChI is InChI=1S/C18H21NO4S/c1-10-6-12(3)17(13(4)7-10)19-24(22,23)16-9-15(18(20)21)8-11(2)14(16)5/h6-9,19H,1-5H3,(H,20,21). The number of carboxylic acid groups (broad SMARTS) is 1. The fourth-order valence-electron chi connectivity index (χ4n) is 2.76. The molecule has 0 unspecified atom stereocenters. The van der Waals surface area contributed by atoms with Crippen LogP contribution >= 0.6 is 0 Å². The molecule has 0 aliphatic heterocycles. The second-order valence-electron chi connectivity index (χ2n) is 6.10. The first kappa shape index (κ1) is 18.0. The van der Waals surface area contributed by atoms with Crippen molar-refractivity contribution in [3.05, 3.63) is 57.6 Å². The second kappa shape index (κ2) is 6.28. The minimum atomic E-state index is -3.89. The van der Waals surface area contributed by atoms with Gasteiger partial charge in [-0.2, -0.15) is 0 Å². The molecule has 0 saturated heterocycles. The molecule has 0 heterocycles. The van der Waals surface area contributed by atoms with Gasteiger partial charge in [-0.05, 0) is 69.0 Å². The second-order valence-corrected chi connectivity index (χ2v) is 7.75. The molecule has 0 atom stereocenters. The number of aryl methyl sites for hydroxylation is 4. The third kappa shape index (κ3) is 3.43. The topological polar surface area (TPSA) is 83.5 Å². The van der Waals surface area contributed by atoms with E-state index in [1.807, 2.05) is 32.9 Å². The highest BCUT2D eigenvalue weighted by Crippen LogP contribution is 2.28. The Balaban J connectivity index is 2.59. The molecule has 0 spiro atoms. The average molecular weight is 347 g/mol. The fourth-order valence-corrected chi connectivity index (χ4v) is 4.31. The van der Waals surface area contributed by atoms with Crippen LogP contribution in [0.25, 0.3) is 0 Å². The van der Waals surface area contributed by atoms with Crippen molar-refractivity contribution in [2.45, 2.75) is 39.5 Å². The number of rotatable bonds is 4. The maximum absolute atomic E-state index is 12.8. The molecule has 0 aliphatic rings. The van der Waals surface area contributed by atoms with Crippen LogP contribution in [0.2, 0.25) is 0 Å². The largest absolute Gasteiger partial charge is 0.478 e. The van der Waals surface area contributed by atoms with Crippen LogP contribution in [0.1, 0.15) is 38.2 Å². The van der Waals surface area contributed by atoms with Gasteiger partial charge >= 0.3 is 5.97 Å². The Morgan fingerprint density at radius 2 is 1.46 bits per heavy atom. The zero-order valence-electron chi connectivity index (χ0n) is 14.4. The van der Waals surface area contributed by atoms with Crippen LogP contribution in [-0.2, 0) is 10.0 Å². The summed E-state index contributed by atoms with van der Waals surface area (Å²) < 4.78 is 28.3. The van der Waals surface area contributed by atoms with Gasteiger partial charge in [-0.3, -0.25) is 4.72 Å². The minimum Gasteiger partial charge on any atom is -0.478 e. The van der Waals surface area contributed by atoms with Gasteiger partial charge < -0.3 is 5.11 Å². The molecule has 2 aromatic carbocycles. The smallest absolute Gasteiger partial charge is 0.335 e. The van der Waals surface area contributed by atoms with E-state index in [0.717, 1.165) is 16.7 Å². The third-order valence-electron chi connectivity index (χ3n) is 4.07. The molecule has 0 saturated carbocycles. The minimum absolute atomic E-state index is 0.0146. The molecule has 2 rings (SSSR count). The lowest BCUT2D eigenvalue weighted by atomic mass is 10.1. The van der Waals surface area contributed by atoms with E-state index in [9.17, 15) is 18.3 Å². The van der Waals surface area contributed by atoms with Crippen molar-refractivity contribution in [3.8, 4) is 0 Å². The number of benzene rings is 2. The summed E-state index contributed by atoms with van der Waals surface area (Å²) in [7, 11) is -3.89. The monoisotopic (exact) mass is 347 g/mol. The van der Waals surface area contributed by atoms with Crippen LogP contribution in [0.3, 0.4) is 0 Å². The Morgan fingerprint density at radius 1 is 0.917 bits per heavy atom. The van der Waals surface area contributed by atoms with E-state index < -0.39 is 16.0 Å². The van der Waals surface area contributed by atoms with Gasteiger partial charge in [0.15, 0.2) is 0 Å². The Morgan fingerprint density at radius 3 is 1.96 bits per heavy atom. The van der Waals surface area contributed by atoms with Gasteiger partial charge in [-0.1, -0.05) is 17.7 Å². The lowest BCUT2D eigenvalue weighted by molar-refractivity contribution is 0.0696. The lowest BCUT2D eigenvalue weighted by Gasteiger charge is -2.16. The van der Waals surface area contributed by atoms with Crippen LogP contribution in [0.5, 0.6) is 0 Å². The predicted octanol–water partition coefficient (Wildman–Crippen LogP) is 3.73. The van der Waals surface area contributed by atoms with Crippen LogP contribution < -0.4 is 4.72 Å².